The molecule has 1 unspecified atom stereocenters. The Morgan fingerprint density at radius 3 is 2.65 bits per heavy atom. The SMILES string of the molecule is CC(NC(=O)C(C)(C)N)c1ccccc1-n1cccn1. The molecule has 1 amide bonds. The summed E-state index contributed by atoms with van der Waals surface area (Å²) >= 11 is 0. The Balaban J connectivity index is 2.27. The first-order chi connectivity index (χ1) is 9.39. The summed E-state index contributed by atoms with van der Waals surface area (Å²) in [6, 6.07) is 9.55. The van der Waals surface area contributed by atoms with Crippen LogP contribution in [0.25, 0.3) is 5.69 Å². The lowest BCUT2D eigenvalue weighted by Crippen LogP contribution is -2.49. The van der Waals surface area contributed by atoms with E-state index in [9.17, 15) is 4.79 Å². The minimum Gasteiger partial charge on any atom is -0.348 e. The van der Waals surface area contributed by atoms with Crippen LogP contribution in [-0.4, -0.2) is 21.2 Å². The van der Waals surface area contributed by atoms with Crippen molar-refractivity contribution in [2.24, 2.45) is 5.73 Å². The number of carbonyl (C=O) groups is 1. The lowest BCUT2D eigenvalue weighted by atomic mass is 10.0. The Morgan fingerprint density at radius 1 is 1.35 bits per heavy atom. The summed E-state index contributed by atoms with van der Waals surface area (Å²) < 4.78 is 1.78. The van der Waals surface area contributed by atoms with Crippen molar-refractivity contribution in [3.63, 3.8) is 0 Å². The van der Waals surface area contributed by atoms with Gasteiger partial charge in [-0.3, -0.25) is 4.79 Å². The summed E-state index contributed by atoms with van der Waals surface area (Å²) in [5.74, 6) is -0.180. The predicted molar refractivity (Wildman–Crippen MR) is 78.4 cm³/mol. The molecule has 0 saturated heterocycles. The van der Waals surface area contributed by atoms with Crippen LogP contribution in [0.1, 0.15) is 32.4 Å². The monoisotopic (exact) mass is 272 g/mol. The Kier molecular flexibility index (Phi) is 3.90. The number of para-hydroxylation sites is 1. The number of aromatic nitrogens is 2. The van der Waals surface area contributed by atoms with Gasteiger partial charge in [-0.15, -0.1) is 0 Å². The van der Waals surface area contributed by atoms with E-state index >= 15 is 0 Å². The lowest BCUT2D eigenvalue weighted by molar-refractivity contribution is -0.125. The molecule has 2 aromatic rings. The van der Waals surface area contributed by atoms with Crippen molar-refractivity contribution in [2.45, 2.75) is 32.4 Å². The molecule has 1 aromatic heterocycles. The molecule has 0 aliphatic heterocycles. The van der Waals surface area contributed by atoms with Gasteiger partial charge in [0, 0.05) is 12.4 Å². The highest BCUT2D eigenvalue weighted by molar-refractivity contribution is 5.85. The third-order valence-corrected chi connectivity index (χ3v) is 3.09. The maximum atomic E-state index is 12.0. The lowest BCUT2D eigenvalue weighted by Gasteiger charge is -2.23. The van der Waals surface area contributed by atoms with Gasteiger partial charge in [0.2, 0.25) is 5.91 Å². The molecule has 0 bridgehead atoms. The van der Waals surface area contributed by atoms with Gasteiger partial charge in [0.05, 0.1) is 17.3 Å². The van der Waals surface area contributed by atoms with Crippen molar-refractivity contribution in [3.8, 4) is 5.69 Å². The zero-order valence-corrected chi connectivity index (χ0v) is 12.0. The average molecular weight is 272 g/mol. The number of nitrogens with two attached hydrogens (primary N) is 1. The summed E-state index contributed by atoms with van der Waals surface area (Å²) in [4.78, 5) is 12.0. The van der Waals surface area contributed by atoms with E-state index in [4.69, 9.17) is 5.73 Å². The molecule has 0 aliphatic rings. The topological polar surface area (TPSA) is 72.9 Å². The molecule has 0 spiro atoms. The Hall–Kier alpha value is -2.14. The minimum absolute atomic E-state index is 0.147. The first-order valence-corrected chi connectivity index (χ1v) is 6.58. The zero-order valence-electron chi connectivity index (χ0n) is 12.0. The van der Waals surface area contributed by atoms with E-state index < -0.39 is 5.54 Å². The summed E-state index contributed by atoms with van der Waals surface area (Å²) in [6.07, 6.45) is 3.60. The van der Waals surface area contributed by atoms with Crippen LogP contribution in [0, 0.1) is 0 Å². The molecule has 106 valence electrons. The largest absolute Gasteiger partial charge is 0.348 e. The van der Waals surface area contributed by atoms with Crippen LogP contribution >= 0.6 is 0 Å². The molecule has 0 radical (unpaired) electrons. The molecule has 3 N–H and O–H groups in total. The maximum absolute atomic E-state index is 12.0. The van der Waals surface area contributed by atoms with Crippen molar-refractivity contribution >= 4 is 5.91 Å². The standard InChI is InChI=1S/C15H20N4O/c1-11(18-14(20)15(2,3)16)12-7-4-5-8-13(12)19-10-6-9-17-19/h4-11H,16H2,1-3H3,(H,18,20). The molecule has 1 heterocycles. The van der Waals surface area contributed by atoms with Gasteiger partial charge in [0.15, 0.2) is 0 Å². The molecule has 2 rings (SSSR count). The highest BCUT2D eigenvalue weighted by atomic mass is 16.2. The molecule has 0 fully saturated rings. The van der Waals surface area contributed by atoms with Crippen LogP contribution in [0.15, 0.2) is 42.7 Å². The van der Waals surface area contributed by atoms with E-state index in [-0.39, 0.29) is 11.9 Å². The Morgan fingerprint density at radius 2 is 2.05 bits per heavy atom. The van der Waals surface area contributed by atoms with E-state index in [0.29, 0.717) is 0 Å². The molecule has 1 aromatic carbocycles. The fraction of sp³-hybridized carbons (Fsp3) is 0.333. The summed E-state index contributed by atoms with van der Waals surface area (Å²) in [5, 5.41) is 7.17. The van der Waals surface area contributed by atoms with Gasteiger partial charge in [-0.25, -0.2) is 4.68 Å². The van der Waals surface area contributed by atoms with Gasteiger partial charge in [-0.2, -0.15) is 5.10 Å². The van der Waals surface area contributed by atoms with Crippen molar-refractivity contribution in [2.75, 3.05) is 0 Å². The number of hydrogen-bond donors (Lipinski definition) is 2. The number of nitrogens with zero attached hydrogens (tertiary/aromatic N) is 2. The predicted octanol–water partition coefficient (Wildman–Crippen LogP) is 1.79. The van der Waals surface area contributed by atoms with Crippen LogP contribution < -0.4 is 11.1 Å². The van der Waals surface area contributed by atoms with Gasteiger partial charge in [0.25, 0.3) is 0 Å². The second-order valence-corrected chi connectivity index (χ2v) is 5.43. The summed E-state index contributed by atoms with van der Waals surface area (Å²) in [5.41, 5.74) is 6.85. The molecular formula is C15H20N4O. The van der Waals surface area contributed by atoms with Crippen molar-refractivity contribution in [1.29, 1.82) is 0 Å². The molecule has 20 heavy (non-hydrogen) atoms. The van der Waals surface area contributed by atoms with Crippen LogP contribution in [0.5, 0.6) is 0 Å². The third kappa shape index (κ3) is 3.05. The van der Waals surface area contributed by atoms with Crippen molar-refractivity contribution < 1.29 is 4.79 Å². The third-order valence-electron chi connectivity index (χ3n) is 3.09. The van der Waals surface area contributed by atoms with Gasteiger partial charge >= 0.3 is 0 Å². The van der Waals surface area contributed by atoms with E-state index in [1.54, 1.807) is 24.7 Å². The summed E-state index contributed by atoms with van der Waals surface area (Å²) in [7, 11) is 0. The fourth-order valence-corrected chi connectivity index (χ4v) is 1.93. The maximum Gasteiger partial charge on any atom is 0.239 e. The molecule has 5 heteroatoms. The number of carbonyl (C=O) groups excluding carboxylic acids is 1. The zero-order chi connectivity index (χ0) is 14.8. The average Bonchev–Trinajstić information content (AvgIpc) is 2.91. The van der Waals surface area contributed by atoms with E-state index in [2.05, 4.69) is 10.4 Å². The Labute approximate surface area is 118 Å². The second-order valence-electron chi connectivity index (χ2n) is 5.43. The highest BCUT2D eigenvalue weighted by Crippen LogP contribution is 2.21. The van der Waals surface area contributed by atoms with Crippen LogP contribution in [0.3, 0.4) is 0 Å². The van der Waals surface area contributed by atoms with Crippen molar-refractivity contribution in [3.05, 3.63) is 48.3 Å². The molecule has 1 atom stereocenters. The number of amides is 1. The number of rotatable bonds is 4. The molecule has 0 aliphatic carbocycles. The molecule has 5 nitrogen and oxygen atoms in total. The number of benzene rings is 1. The molecule has 0 saturated carbocycles. The van der Waals surface area contributed by atoms with Crippen LogP contribution in [0.2, 0.25) is 0 Å². The number of hydrogen-bond acceptors (Lipinski definition) is 3. The smallest absolute Gasteiger partial charge is 0.239 e. The van der Waals surface area contributed by atoms with Gasteiger partial charge in [-0.1, -0.05) is 18.2 Å². The summed E-state index contributed by atoms with van der Waals surface area (Å²) in [6.45, 7) is 5.31. The first-order valence-electron chi connectivity index (χ1n) is 6.58. The first kappa shape index (κ1) is 14.3. The van der Waals surface area contributed by atoms with E-state index in [1.807, 2.05) is 43.5 Å². The van der Waals surface area contributed by atoms with Gasteiger partial charge in [-0.05, 0) is 38.5 Å². The highest BCUT2D eigenvalue weighted by Gasteiger charge is 2.24. The van der Waals surface area contributed by atoms with Gasteiger partial charge < -0.3 is 11.1 Å². The van der Waals surface area contributed by atoms with Crippen molar-refractivity contribution in [1.82, 2.24) is 15.1 Å². The Bertz CT molecular complexity index is 584. The molecular weight excluding hydrogens is 252 g/mol. The second kappa shape index (κ2) is 5.46. The minimum atomic E-state index is -0.894. The quantitative estimate of drug-likeness (QED) is 0.891. The van der Waals surface area contributed by atoms with Crippen LogP contribution in [-0.2, 0) is 4.79 Å². The number of nitrogens with one attached hydrogen (secondary N) is 1. The fourth-order valence-electron chi connectivity index (χ4n) is 1.93. The normalized spacial score (nSPS) is 13.0. The van der Waals surface area contributed by atoms with Gasteiger partial charge in [0.1, 0.15) is 0 Å². The van der Waals surface area contributed by atoms with E-state index in [1.165, 1.54) is 0 Å². The van der Waals surface area contributed by atoms with Crippen LogP contribution in [0.4, 0.5) is 0 Å². The van der Waals surface area contributed by atoms with E-state index in [0.717, 1.165) is 11.3 Å².